The first kappa shape index (κ1) is 23.8. The molecule has 190 valence electrons. The van der Waals surface area contributed by atoms with E-state index in [1.54, 1.807) is 0 Å². The van der Waals surface area contributed by atoms with E-state index in [1.165, 1.54) is 0 Å². The van der Waals surface area contributed by atoms with Crippen LogP contribution in [0.2, 0.25) is 0 Å². The molecule has 0 spiro atoms. The third-order valence-electron chi connectivity index (χ3n) is 7.80. The van der Waals surface area contributed by atoms with E-state index in [1.807, 2.05) is 12.1 Å². The highest BCUT2D eigenvalue weighted by molar-refractivity contribution is 6.30. The maximum absolute atomic E-state index is 7.19. The Hall–Kier alpha value is -5.34. The number of rotatable bonds is 4. The van der Waals surface area contributed by atoms with Gasteiger partial charge in [-0.25, -0.2) is 0 Å². The second-order valence-corrected chi connectivity index (χ2v) is 10.1. The van der Waals surface area contributed by atoms with Crippen molar-refractivity contribution in [2.75, 3.05) is 11.5 Å². The summed E-state index contributed by atoms with van der Waals surface area (Å²) in [5.41, 5.74) is 24.8. The fourth-order valence-electron chi connectivity index (χ4n) is 6.08. The largest absolute Gasteiger partial charge is 0.398 e. The molecule has 2 heteroatoms. The molecule has 0 aromatic heterocycles. The smallest absolute Gasteiger partial charge is 0.0481 e. The van der Waals surface area contributed by atoms with Gasteiger partial charge in [-0.1, -0.05) is 146 Å². The third kappa shape index (κ3) is 3.73. The first-order valence-electron chi connectivity index (χ1n) is 13.5. The topological polar surface area (TPSA) is 52.0 Å². The number of nitrogen functional groups attached to an aromatic ring is 2. The predicted molar refractivity (Wildman–Crippen MR) is 172 cm³/mol. The van der Waals surface area contributed by atoms with Crippen molar-refractivity contribution >= 4 is 32.9 Å². The molecule has 0 heterocycles. The van der Waals surface area contributed by atoms with Crippen LogP contribution >= 0.6 is 0 Å². The van der Waals surface area contributed by atoms with Crippen molar-refractivity contribution in [1.82, 2.24) is 0 Å². The SMILES string of the molecule is Nc1c2ccccc2c(N)c2c(-c3ccccc3)c(-c3ccccc3)c(-c3ccccc3)c(-c3ccccc3)c12. The summed E-state index contributed by atoms with van der Waals surface area (Å²) >= 11 is 0. The number of hydrogen-bond donors (Lipinski definition) is 2. The van der Waals surface area contributed by atoms with Crippen molar-refractivity contribution in [1.29, 1.82) is 0 Å². The summed E-state index contributed by atoms with van der Waals surface area (Å²) in [6, 6.07) is 50.6. The molecule has 0 amide bonds. The highest BCUT2D eigenvalue weighted by Crippen LogP contribution is 2.55. The average Bonchev–Trinajstić information content (AvgIpc) is 3.04. The minimum atomic E-state index is 0.743. The summed E-state index contributed by atoms with van der Waals surface area (Å²) in [6.45, 7) is 0. The van der Waals surface area contributed by atoms with Crippen LogP contribution in [-0.4, -0.2) is 0 Å². The zero-order valence-electron chi connectivity index (χ0n) is 22.0. The Kier molecular flexibility index (Phi) is 5.79. The van der Waals surface area contributed by atoms with Crippen molar-refractivity contribution in [3.8, 4) is 44.5 Å². The molecule has 0 aliphatic carbocycles. The molecule has 0 bridgehead atoms. The van der Waals surface area contributed by atoms with E-state index >= 15 is 0 Å². The van der Waals surface area contributed by atoms with Crippen LogP contribution in [0.3, 0.4) is 0 Å². The standard InChI is InChI=1S/C38H28N2/c39-37-29-23-13-14-24-30(29)38(40)36-34(28-21-11-4-12-22-28)32(26-17-7-2-8-18-26)31(25-15-5-1-6-16-25)33(35(36)37)27-19-9-3-10-20-27/h1-24H,39-40H2. The van der Waals surface area contributed by atoms with Crippen LogP contribution in [0.25, 0.3) is 66.1 Å². The Morgan fingerprint density at radius 1 is 0.275 bits per heavy atom. The van der Waals surface area contributed by atoms with Gasteiger partial charge in [-0.3, -0.25) is 0 Å². The van der Waals surface area contributed by atoms with Gasteiger partial charge >= 0.3 is 0 Å². The lowest BCUT2D eigenvalue weighted by molar-refractivity contribution is 1.57. The van der Waals surface area contributed by atoms with Gasteiger partial charge in [-0.15, -0.1) is 0 Å². The van der Waals surface area contributed by atoms with Gasteiger partial charge in [0.2, 0.25) is 0 Å². The number of fused-ring (bicyclic) bond motifs is 2. The second kappa shape index (κ2) is 9.76. The molecule has 0 saturated carbocycles. The molecule has 0 unspecified atom stereocenters. The van der Waals surface area contributed by atoms with Gasteiger partial charge in [0.1, 0.15) is 0 Å². The van der Waals surface area contributed by atoms with Crippen LogP contribution in [0, 0.1) is 0 Å². The van der Waals surface area contributed by atoms with Gasteiger partial charge < -0.3 is 11.5 Å². The van der Waals surface area contributed by atoms with Crippen LogP contribution in [0.5, 0.6) is 0 Å². The van der Waals surface area contributed by atoms with Crippen LogP contribution in [-0.2, 0) is 0 Å². The third-order valence-corrected chi connectivity index (χ3v) is 7.80. The Bertz CT molecular complexity index is 1830. The van der Waals surface area contributed by atoms with Crippen molar-refractivity contribution in [3.63, 3.8) is 0 Å². The van der Waals surface area contributed by atoms with E-state index in [0.29, 0.717) is 0 Å². The van der Waals surface area contributed by atoms with E-state index < -0.39 is 0 Å². The van der Waals surface area contributed by atoms with Gasteiger partial charge in [0.15, 0.2) is 0 Å². The lowest BCUT2D eigenvalue weighted by Gasteiger charge is -2.26. The fraction of sp³-hybridized carbons (Fsp3) is 0. The second-order valence-electron chi connectivity index (χ2n) is 10.1. The normalized spacial score (nSPS) is 11.2. The van der Waals surface area contributed by atoms with Crippen molar-refractivity contribution in [2.45, 2.75) is 0 Å². The molecule has 2 nitrogen and oxygen atoms in total. The molecule has 7 aromatic carbocycles. The highest BCUT2D eigenvalue weighted by atomic mass is 14.6. The van der Waals surface area contributed by atoms with Gasteiger partial charge in [-0.2, -0.15) is 0 Å². The molecule has 0 saturated heterocycles. The molecular formula is C38H28N2. The minimum Gasteiger partial charge on any atom is -0.398 e. The Morgan fingerprint density at radius 2 is 0.525 bits per heavy atom. The molecule has 4 N–H and O–H groups in total. The van der Waals surface area contributed by atoms with Crippen molar-refractivity contribution < 1.29 is 0 Å². The maximum Gasteiger partial charge on any atom is 0.0481 e. The molecule has 0 atom stereocenters. The molecule has 0 radical (unpaired) electrons. The molecule has 0 aliphatic rings. The lowest BCUT2D eigenvalue weighted by Crippen LogP contribution is -2.03. The Labute approximate surface area is 234 Å². The quantitative estimate of drug-likeness (QED) is 0.140. The average molecular weight is 513 g/mol. The molecule has 40 heavy (non-hydrogen) atoms. The van der Waals surface area contributed by atoms with E-state index in [4.69, 9.17) is 11.5 Å². The maximum atomic E-state index is 7.19. The summed E-state index contributed by atoms with van der Waals surface area (Å²) in [5.74, 6) is 0. The van der Waals surface area contributed by atoms with Crippen molar-refractivity contribution in [3.05, 3.63) is 146 Å². The zero-order chi connectivity index (χ0) is 27.1. The van der Waals surface area contributed by atoms with E-state index in [0.717, 1.165) is 77.4 Å². The minimum absolute atomic E-state index is 0.743. The van der Waals surface area contributed by atoms with Gasteiger partial charge in [0, 0.05) is 44.0 Å². The van der Waals surface area contributed by atoms with Crippen LogP contribution in [0.1, 0.15) is 0 Å². The monoisotopic (exact) mass is 512 g/mol. The first-order chi connectivity index (χ1) is 19.7. The Balaban J connectivity index is 1.86. The first-order valence-corrected chi connectivity index (χ1v) is 13.5. The van der Waals surface area contributed by atoms with Gasteiger partial charge in [-0.05, 0) is 33.4 Å². The van der Waals surface area contributed by atoms with E-state index in [-0.39, 0.29) is 0 Å². The number of hydrogen-bond acceptors (Lipinski definition) is 2. The summed E-state index contributed by atoms with van der Waals surface area (Å²) in [4.78, 5) is 0. The fourth-order valence-corrected chi connectivity index (χ4v) is 6.08. The van der Waals surface area contributed by atoms with Crippen LogP contribution in [0.4, 0.5) is 11.4 Å². The lowest BCUT2D eigenvalue weighted by atomic mass is 9.77. The summed E-state index contributed by atoms with van der Waals surface area (Å²) in [5, 5.41) is 3.91. The zero-order valence-corrected chi connectivity index (χ0v) is 22.0. The predicted octanol–water partition coefficient (Wildman–Crippen LogP) is 9.83. The number of benzene rings is 7. The molecule has 0 fully saturated rings. The number of anilines is 2. The molecule has 7 aromatic rings. The summed E-state index contributed by atoms with van der Waals surface area (Å²) in [7, 11) is 0. The molecular weight excluding hydrogens is 484 g/mol. The van der Waals surface area contributed by atoms with Crippen LogP contribution < -0.4 is 11.5 Å². The molecule has 0 aliphatic heterocycles. The van der Waals surface area contributed by atoms with Gasteiger partial charge in [0.25, 0.3) is 0 Å². The summed E-state index contributed by atoms with van der Waals surface area (Å²) in [6.07, 6.45) is 0. The number of nitrogens with two attached hydrogens (primary N) is 2. The van der Waals surface area contributed by atoms with E-state index in [2.05, 4.69) is 133 Å². The van der Waals surface area contributed by atoms with Crippen LogP contribution in [0.15, 0.2) is 146 Å². The van der Waals surface area contributed by atoms with E-state index in [9.17, 15) is 0 Å². The van der Waals surface area contributed by atoms with Gasteiger partial charge in [0.05, 0.1) is 0 Å². The summed E-state index contributed by atoms with van der Waals surface area (Å²) < 4.78 is 0. The Morgan fingerprint density at radius 3 is 0.825 bits per heavy atom. The van der Waals surface area contributed by atoms with Crippen molar-refractivity contribution in [2.24, 2.45) is 0 Å². The highest BCUT2D eigenvalue weighted by Gasteiger charge is 2.27. The molecule has 7 rings (SSSR count).